The van der Waals surface area contributed by atoms with Gasteiger partial charge in [0.15, 0.2) is 0 Å². The van der Waals surface area contributed by atoms with Gasteiger partial charge in [-0.3, -0.25) is 4.79 Å². The Labute approximate surface area is 114 Å². The first-order chi connectivity index (χ1) is 8.75. The van der Waals surface area contributed by atoms with Crippen molar-refractivity contribution >= 4 is 5.97 Å². The second-order valence-corrected chi connectivity index (χ2v) is 5.67. The van der Waals surface area contributed by atoms with E-state index in [1.807, 2.05) is 18.2 Å². The normalized spacial score (nSPS) is 12.9. The minimum Gasteiger partial charge on any atom is -0.496 e. The Morgan fingerprint density at radius 3 is 2.47 bits per heavy atom. The van der Waals surface area contributed by atoms with Crippen LogP contribution in [0.2, 0.25) is 0 Å². The molecule has 1 aromatic rings. The number of ether oxygens (including phenoxy) is 2. The molecule has 1 unspecified atom stereocenters. The molecule has 0 spiro atoms. The Hall–Kier alpha value is -1.55. The van der Waals surface area contributed by atoms with Crippen LogP contribution in [0.25, 0.3) is 0 Å². The fourth-order valence-corrected chi connectivity index (χ4v) is 1.64. The summed E-state index contributed by atoms with van der Waals surface area (Å²) < 4.78 is 10.4. The summed E-state index contributed by atoms with van der Waals surface area (Å²) in [5.41, 5.74) is 7.52. The molecule has 0 amide bonds. The molecule has 4 heteroatoms. The lowest BCUT2D eigenvalue weighted by Crippen LogP contribution is -2.28. The van der Waals surface area contributed by atoms with E-state index >= 15 is 0 Å². The summed E-state index contributed by atoms with van der Waals surface area (Å²) in [6, 6.07) is 5.32. The molecule has 1 aromatic carbocycles. The zero-order chi connectivity index (χ0) is 14.6. The van der Waals surface area contributed by atoms with E-state index in [1.54, 1.807) is 14.0 Å². The van der Waals surface area contributed by atoms with Crippen molar-refractivity contribution in [3.8, 4) is 5.75 Å². The lowest BCUT2D eigenvalue weighted by molar-refractivity contribution is -0.146. The number of rotatable bonds is 4. The van der Waals surface area contributed by atoms with Crippen LogP contribution in [0.5, 0.6) is 5.75 Å². The molecule has 0 aliphatic heterocycles. The Morgan fingerprint density at radius 1 is 1.37 bits per heavy atom. The van der Waals surface area contributed by atoms with Gasteiger partial charge in [-0.25, -0.2) is 0 Å². The lowest BCUT2D eigenvalue weighted by Gasteiger charge is -2.21. The Balaban J connectivity index is 2.94. The molecule has 0 fully saturated rings. The molecule has 0 bridgehead atoms. The maximum Gasteiger partial charge on any atom is 0.322 e. The van der Waals surface area contributed by atoms with Crippen LogP contribution < -0.4 is 10.5 Å². The van der Waals surface area contributed by atoms with Gasteiger partial charge in [0, 0.05) is 5.56 Å². The largest absolute Gasteiger partial charge is 0.496 e. The van der Waals surface area contributed by atoms with Crippen LogP contribution in [-0.4, -0.2) is 19.1 Å². The van der Waals surface area contributed by atoms with Crippen molar-refractivity contribution in [2.75, 3.05) is 7.11 Å². The van der Waals surface area contributed by atoms with E-state index < -0.39 is 12.0 Å². The van der Waals surface area contributed by atoms with Crippen LogP contribution in [0.3, 0.4) is 0 Å². The summed E-state index contributed by atoms with van der Waals surface area (Å²) in [5, 5.41) is 0. The highest BCUT2D eigenvalue weighted by Gasteiger charge is 2.17. The van der Waals surface area contributed by atoms with Gasteiger partial charge >= 0.3 is 5.97 Å². The van der Waals surface area contributed by atoms with Gasteiger partial charge in [-0.05, 0) is 30.0 Å². The summed E-state index contributed by atoms with van der Waals surface area (Å²) in [7, 11) is 1.60. The van der Waals surface area contributed by atoms with Crippen molar-refractivity contribution in [2.45, 2.75) is 45.8 Å². The third-order valence-corrected chi connectivity index (χ3v) is 2.89. The predicted molar refractivity (Wildman–Crippen MR) is 75.1 cm³/mol. The molecule has 0 aliphatic rings. The first-order valence-corrected chi connectivity index (χ1v) is 6.35. The molecule has 0 heterocycles. The summed E-state index contributed by atoms with van der Waals surface area (Å²) in [4.78, 5) is 11.4. The van der Waals surface area contributed by atoms with E-state index in [9.17, 15) is 4.79 Å². The van der Waals surface area contributed by atoms with Crippen LogP contribution in [0.1, 0.15) is 38.8 Å². The van der Waals surface area contributed by atoms with Gasteiger partial charge in [0.25, 0.3) is 0 Å². The number of carbonyl (C=O) groups excluding carboxylic acids is 1. The van der Waals surface area contributed by atoms with Crippen LogP contribution >= 0.6 is 0 Å². The quantitative estimate of drug-likeness (QED) is 0.849. The Kier molecular flexibility index (Phi) is 4.95. The minimum absolute atomic E-state index is 0.0339. The molecular weight excluding hydrogens is 242 g/mol. The third kappa shape index (κ3) is 4.24. The third-order valence-electron chi connectivity index (χ3n) is 2.89. The molecule has 0 aliphatic carbocycles. The van der Waals surface area contributed by atoms with Crippen molar-refractivity contribution in [3.63, 3.8) is 0 Å². The maximum atomic E-state index is 11.4. The summed E-state index contributed by atoms with van der Waals surface area (Å²) in [6.07, 6.45) is 0. The van der Waals surface area contributed by atoms with E-state index in [4.69, 9.17) is 15.2 Å². The van der Waals surface area contributed by atoms with Crippen molar-refractivity contribution in [1.82, 2.24) is 0 Å². The summed E-state index contributed by atoms with van der Waals surface area (Å²) in [6.45, 7) is 8.17. The summed E-state index contributed by atoms with van der Waals surface area (Å²) >= 11 is 0. The Bertz CT molecular complexity index is 447. The second kappa shape index (κ2) is 6.06. The predicted octanol–water partition coefficient (Wildman–Crippen LogP) is 2.38. The molecular formula is C15H23NO3. The molecule has 0 radical (unpaired) electrons. The van der Waals surface area contributed by atoms with E-state index in [2.05, 4.69) is 20.8 Å². The first kappa shape index (κ1) is 15.5. The molecule has 106 valence electrons. The lowest BCUT2D eigenvalue weighted by atomic mass is 9.86. The molecule has 4 nitrogen and oxygen atoms in total. The number of benzene rings is 1. The highest BCUT2D eigenvalue weighted by Crippen LogP contribution is 2.28. The average molecular weight is 265 g/mol. The fourth-order valence-electron chi connectivity index (χ4n) is 1.64. The summed E-state index contributed by atoms with van der Waals surface area (Å²) in [5.74, 6) is 0.300. The van der Waals surface area contributed by atoms with Gasteiger partial charge < -0.3 is 15.2 Å². The van der Waals surface area contributed by atoms with Crippen LogP contribution in [-0.2, 0) is 21.6 Å². The number of hydrogen-bond acceptors (Lipinski definition) is 4. The van der Waals surface area contributed by atoms with E-state index in [0.717, 1.165) is 5.56 Å². The smallest absolute Gasteiger partial charge is 0.322 e. The zero-order valence-corrected chi connectivity index (χ0v) is 12.3. The molecule has 1 rings (SSSR count). The topological polar surface area (TPSA) is 61.5 Å². The van der Waals surface area contributed by atoms with Crippen molar-refractivity contribution in [2.24, 2.45) is 5.73 Å². The molecule has 0 saturated heterocycles. The Morgan fingerprint density at radius 2 is 2.00 bits per heavy atom. The highest BCUT2D eigenvalue weighted by molar-refractivity contribution is 5.74. The average Bonchev–Trinajstić information content (AvgIpc) is 2.34. The van der Waals surface area contributed by atoms with E-state index in [0.29, 0.717) is 5.75 Å². The molecule has 2 N–H and O–H groups in total. The van der Waals surface area contributed by atoms with Gasteiger partial charge in [-0.1, -0.05) is 26.8 Å². The van der Waals surface area contributed by atoms with Crippen LogP contribution in [0.15, 0.2) is 18.2 Å². The standard InChI is InChI=1S/C15H23NO3/c1-10(16)14(17)19-9-11-8-12(15(2,3)4)6-7-13(11)18-5/h6-8,10H,9,16H2,1-5H3. The molecule has 0 saturated carbocycles. The van der Waals surface area contributed by atoms with Crippen LogP contribution in [0, 0.1) is 0 Å². The van der Waals surface area contributed by atoms with E-state index in [-0.39, 0.29) is 12.0 Å². The van der Waals surface area contributed by atoms with Crippen LogP contribution in [0.4, 0.5) is 0 Å². The number of methoxy groups -OCH3 is 1. The van der Waals surface area contributed by atoms with Gasteiger partial charge in [0.05, 0.1) is 7.11 Å². The number of esters is 1. The van der Waals surface area contributed by atoms with Gasteiger partial charge in [0.2, 0.25) is 0 Å². The fraction of sp³-hybridized carbons (Fsp3) is 0.533. The minimum atomic E-state index is -0.614. The van der Waals surface area contributed by atoms with Gasteiger partial charge in [-0.2, -0.15) is 0 Å². The molecule has 0 aromatic heterocycles. The number of nitrogens with two attached hydrogens (primary N) is 1. The van der Waals surface area contributed by atoms with E-state index in [1.165, 1.54) is 5.56 Å². The van der Waals surface area contributed by atoms with Gasteiger partial charge in [0.1, 0.15) is 18.4 Å². The van der Waals surface area contributed by atoms with Gasteiger partial charge in [-0.15, -0.1) is 0 Å². The second-order valence-electron chi connectivity index (χ2n) is 5.67. The van der Waals surface area contributed by atoms with Crippen molar-refractivity contribution < 1.29 is 14.3 Å². The molecule has 1 atom stereocenters. The van der Waals surface area contributed by atoms with Crippen molar-refractivity contribution in [1.29, 1.82) is 0 Å². The first-order valence-electron chi connectivity index (χ1n) is 6.35. The highest BCUT2D eigenvalue weighted by atomic mass is 16.5. The molecule has 19 heavy (non-hydrogen) atoms. The number of hydrogen-bond donors (Lipinski definition) is 1. The zero-order valence-electron chi connectivity index (χ0n) is 12.3. The maximum absolute atomic E-state index is 11.4. The monoisotopic (exact) mass is 265 g/mol. The van der Waals surface area contributed by atoms with Crippen molar-refractivity contribution in [3.05, 3.63) is 29.3 Å². The number of carbonyl (C=O) groups is 1. The SMILES string of the molecule is COc1ccc(C(C)(C)C)cc1COC(=O)C(C)N.